The van der Waals surface area contributed by atoms with Crippen molar-refractivity contribution in [1.82, 2.24) is 4.98 Å². The van der Waals surface area contributed by atoms with Gasteiger partial charge in [-0.15, -0.1) is 11.3 Å². The van der Waals surface area contributed by atoms with Gasteiger partial charge in [0.25, 0.3) is 0 Å². The lowest BCUT2D eigenvalue weighted by Crippen LogP contribution is -2.08. The van der Waals surface area contributed by atoms with Crippen molar-refractivity contribution in [2.75, 3.05) is 0 Å². The van der Waals surface area contributed by atoms with E-state index in [2.05, 4.69) is 12.1 Å². The molecule has 3 aromatic carbocycles. The van der Waals surface area contributed by atoms with E-state index in [1.807, 2.05) is 109 Å². The molecule has 4 heteroatoms. The van der Waals surface area contributed by atoms with E-state index in [0.717, 1.165) is 26.9 Å². The van der Waals surface area contributed by atoms with Crippen molar-refractivity contribution < 1.29 is 4.79 Å². The molecule has 0 radical (unpaired) electrons. The zero-order valence-electron chi connectivity index (χ0n) is 18.2. The summed E-state index contributed by atoms with van der Waals surface area (Å²) in [5, 5.41) is 3.67. The number of aromatic nitrogens is 1. The van der Waals surface area contributed by atoms with Crippen LogP contribution in [0.5, 0.6) is 0 Å². The fourth-order valence-electron chi connectivity index (χ4n) is 3.82. The van der Waals surface area contributed by atoms with E-state index in [1.54, 1.807) is 11.3 Å². The standard InChI is InChI=1S/C30H20ClNOS/c31-23-15-12-21(13-16-23)14-19-28-29(30(33)22-7-2-1-3-8-22)26(18-17-24-9-6-20-34-24)25-10-4-5-11-27(25)32-28/h1-20H/b18-17+,19-14+. The van der Waals surface area contributed by atoms with Crippen LogP contribution in [0.1, 0.15) is 37.6 Å². The quantitative estimate of drug-likeness (QED) is 0.229. The molecule has 0 fully saturated rings. The van der Waals surface area contributed by atoms with Crippen molar-refractivity contribution >= 4 is 63.9 Å². The highest BCUT2D eigenvalue weighted by atomic mass is 35.5. The molecule has 5 rings (SSSR count). The number of carbonyl (C=O) groups excluding carboxylic acids is 1. The Kier molecular flexibility index (Phi) is 6.48. The van der Waals surface area contributed by atoms with E-state index >= 15 is 0 Å². The predicted molar refractivity (Wildman–Crippen MR) is 145 cm³/mol. The third kappa shape index (κ3) is 4.76. The zero-order valence-corrected chi connectivity index (χ0v) is 19.8. The molecule has 0 N–H and O–H groups in total. The molecule has 0 unspecified atom stereocenters. The first-order valence-corrected chi connectivity index (χ1v) is 12.1. The maximum atomic E-state index is 13.8. The van der Waals surface area contributed by atoms with Crippen LogP contribution in [0.25, 0.3) is 35.2 Å². The summed E-state index contributed by atoms with van der Waals surface area (Å²) in [6.07, 6.45) is 7.96. The third-order valence-corrected chi connectivity index (χ3v) is 6.57. The van der Waals surface area contributed by atoms with Crippen molar-refractivity contribution in [3.05, 3.63) is 134 Å². The molecule has 34 heavy (non-hydrogen) atoms. The van der Waals surface area contributed by atoms with Crippen LogP contribution in [0.2, 0.25) is 5.02 Å². The number of hydrogen-bond acceptors (Lipinski definition) is 3. The molecule has 2 heterocycles. The largest absolute Gasteiger partial charge is 0.289 e. The number of para-hydroxylation sites is 1. The number of thiophene rings is 1. The van der Waals surface area contributed by atoms with Gasteiger partial charge >= 0.3 is 0 Å². The number of ketones is 1. The summed E-state index contributed by atoms with van der Waals surface area (Å²) in [7, 11) is 0. The molecule has 2 aromatic heterocycles. The number of hydrogen-bond donors (Lipinski definition) is 0. The van der Waals surface area contributed by atoms with Crippen LogP contribution >= 0.6 is 22.9 Å². The van der Waals surface area contributed by atoms with Crippen molar-refractivity contribution in [2.24, 2.45) is 0 Å². The van der Waals surface area contributed by atoms with Crippen LogP contribution in [0.15, 0.2) is 96.4 Å². The summed E-state index contributed by atoms with van der Waals surface area (Å²) in [6.45, 7) is 0. The van der Waals surface area contributed by atoms with E-state index in [1.165, 1.54) is 0 Å². The van der Waals surface area contributed by atoms with Crippen LogP contribution in [0.3, 0.4) is 0 Å². The average Bonchev–Trinajstić information content (AvgIpc) is 3.40. The first-order chi connectivity index (χ1) is 16.7. The molecule has 0 saturated carbocycles. The van der Waals surface area contributed by atoms with Crippen molar-refractivity contribution in [3.63, 3.8) is 0 Å². The van der Waals surface area contributed by atoms with Crippen LogP contribution < -0.4 is 0 Å². The highest BCUT2D eigenvalue weighted by molar-refractivity contribution is 7.10. The maximum Gasteiger partial charge on any atom is 0.195 e. The van der Waals surface area contributed by atoms with Gasteiger partial charge in [-0.3, -0.25) is 4.79 Å². The van der Waals surface area contributed by atoms with Crippen molar-refractivity contribution in [1.29, 1.82) is 0 Å². The van der Waals surface area contributed by atoms with Crippen molar-refractivity contribution in [2.45, 2.75) is 0 Å². The number of nitrogens with zero attached hydrogens (tertiary/aromatic N) is 1. The van der Waals surface area contributed by atoms with E-state index in [9.17, 15) is 4.79 Å². The topological polar surface area (TPSA) is 30.0 Å². The van der Waals surface area contributed by atoms with Crippen LogP contribution in [0.4, 0.5) is 0 Å². The molecular weight excluding hydrogens is 458 g/mol. The SMILES string of the molecule is O=C(c1ccccc1)c1c(/C=C/c2ccc(Cl)cc2)nc2ccccc2c1/C=C/c1cccs1. The molecule has 0 aliphatic heterocycles. The number of rotatable bonds is 6. The lowest BCUT2D eigenvalue weighted by molar-refractivity contribution is 0.103. The molecule has 2 nitrogen and oxygen atoms in total. The molecule has 0 spiro atoms. The van der Waals surface area contributed by atoms with Crippen molar-refractivity contribution in [3.8, 4) is 0 Å². The monoisotopic (exact) mass is 477 g/mol. The van der Waals surface area contributed by atoms with Gasteiger partial charge in [0.15, 0.2) is 5.78 Å². The first kappa shape index (κ1) is 22.0. The summed E-state index contributed by atoms with van der Waals surface area (Å²) in [6, 6.07) is 29.0. The normalized spacial score (nSPS) is 11.6. The van der Waals surface area contributed by atoms with Crippen LogP contribution in [0, 0.1) is 0 Å². The van der Waals surface area contributed by atoms with E-state index < -0.39 is 0 Å². The van der Waals surface area contributed by atoms with Crippen LogP contribution in [-0.4, -0.2) is 10.8 Å². The summed E-state index contributed by atoms with van der Waals surface area (Å²) >= 11 is 7.70. The van der Waals surface area contributed by atoms with E-state index in [-0.39, 0.29) is 5.78 Å². The Morgan fingerprint density at radius 3 is 2.29 bits per heavy atom. The van der Waals surface area contributed by atoms with Crippen LogP contribution in [-0.2, 0) is 0 Å². The molecule has 0 amide bonds. The zero-order chi connectivity index (χ0) is 23.3. The highest BCUT2D eigenvalue weighted by Crippen LogP contribution is 2.29. The Labute approximate surface area is 207 Å². The number of fused-ring (bicyclic) bond motifs is 1. The third-order valence-electron chi connectivity index (χ3n) is 5.48. The van der Waals surface area contributed by atoms with Gasteiger partial charge in [-0.25, -0.2) is 4.98 Å². The molecule has 0 saturated heterocycles. The Hall–Kier alpha value is -3.79. The van der Waals surface area contributed by atoms with Gasteiger partial charge in [-0.1, -0.05) is 90.5 Å². The summed E-state index contributed by atoms with van der Waals surface area (Å²) < 4.78 is 0. The second-order valence-electron chi connectivity index (χ2n) is 7.73. The Balaban J connectivity index is 1.73. The lowest BCUT2D eigenvalue weighted by atomic mass is 9.93. The molecule has 0 bridgehead atoms. The highest BCUT2D eigenvalue weighted by Gasteiger charge is 2.20. The molecule has 0 atom stereocenters. The van der Waals surface area contributed by atoms with Gasteiger partial charge in [-0.2, -0.15) is 0 Å². The Morgan fingerprint density at radius 2 is 1.53 bits per heavy atom. The number of halogens is 1. The van der Waals surface area contributed by atoms with Gasteiger partial charge < -0.3 is 0 Å². The summed E-state index contributed by atoms with van der Waals surface area (Å²) in [4.78, 5) is 19.8. The minimum Gasteiger partial charge on any atom is -0.289 e. The summed E-state index contributed by atoms with van der Waals surface area (Å²) in [5.41, 5.74) is 4.54. The fourth-order valence-corrected chi connectivity index (χ4v) is 4.57. The molecule has 5 aromatic rings. The van der Waals surface area contributed by atoms with E-state index in [4.69, 9.17) is 16.6 Å². The number of pyridine rings is 1. The number of carbonyl (C=O) groups is 1. The van der Waals surface area contributed by atoms with Gasteiger partial charge in [0.2, 0.25) is 0 Å². The average molecular weight is 478 g/mol. The second-order valence-corrected chi connectivity index (χ2v) is 9.15. The molecule has 0 aliphatic carbocycles. The number of benzene rings is 3. The molecule has 164 valence electrons. The van der Waals surface area contributed by atoms with Gasteiger partial charge in [0, 0.05) is 20.8 Å². The lowest BCUT2D eigenvalue weighted by Gasteiger charge is -2.13. The predicted octanol–water partition coefficient (Wildman–Crippen LogP) is 8.52. The van der Waals surface area contributed by atoms with E-state index in [0.29, 0.717) is 21.8 Å². The maximum absolute atomic E-state index is 13.8. The fraction of sp³-hybridized carbons (Fsp3) is 0. The Morgan fingerprint density at radius 1 is 0.765 bits per heavy atom. The molecular formula is C30H20ClNOS. The second kappa shape index (κ2) is 10.0. The van der Waals surface area contributed by atoms with Gasteiger partial charge in [-0.05, 0) is 52.9 Å². The van der Waals surface area contributed by atoms with Gasteiger partial charge in [0.1, 0.15) is 0 Å². The Bertz CT molecular complexity index is 1500. The smallest absolute Gasteiger partial charge is 0.195 e. The first-order valence-electron chi connectivity index (χ1n) is 10.9. The minimum atomic E-state index is -0.0551. The molecule has 0 aliphatic rings. The summed E-state index contributed by atoms with van der Waals surface area (Å²) in [5.74, 6) is -0.0551. The van der Waals surface area contributed by atoms with Gasteiger partial charge in [0.05, 0.1) is 16.8 Å². The minimum absolute atomic E-state index is 0.0551.